The first-order chi connectivity index (χ1) is 13.6. The maximum absolute atomic E-state index is 12.6. The number of hydrogen-bond donors (Lipinski definition) is 1. The predicted octanol–water partition coefficient (Wildman–Crippen LogP) is 5.43. The lowest BCUT2D eigenvalue weighted by Gasteiger charge is -2.11. The Balaban J connectivity index is 1.95. The van der Waals surface area contributed by atoms with Crippen LogP contribution < -0.4 is 14.8 Å². The minimum absolute atomic E-state index is 0.246. The summed E-state index contributed by atoms with van der Waals surface area (Å²) in [5.41, 5.74) is 3.21. The van der Waals surface area contributed by atoms with Crippen LogP contribution in [0.1, 0.15) is 11.1 Å². The van der Waals surface area contributed by atoms with Gasteiger partial charge in [0.15, 0.2) is 0 Å². The van der Waals surface area contributed by atoms with Crippen LogP contribution in [0.2, 0.25) is 5.02 Å². The van der Waals surface area contributed by atoms with E-state index in [9.17, 15) is 4.79 Å². The molecule has 0 aromatic heterocycles. The first-order valence-corrected chi connectivity index (χ1v) is 9.04. The quantitative estimate of drug-likeness (QED) is 0.568. The van der Waals surface area contributed by atoms with Gasteiger partial charge in [0.05, 0.1) is 14.2 Å². The Morgan fingerprint density at radius 3 is 1.86 bits per heavy atom. The summed E-state index contributed by atoms with van der Waals surface area (Å²) in [5.74, 6) is 1.26. The fraction of sp³-hybridized carbons (Fsp3) is 0.0870. The van der Waals surface area contributed by atoms with Gasteiger partial charge in [-0.3, -0.25) is 4.79 Å². The number of rotatable bonds is 6. The average molecular weight is 394 g/mol. The third kappa shape index (κ3) is 4.93. The van der Waals surface area contributed by atoms with Gasteiger partial charge < -0.3 is 14.8 Å². The van der Waals surface area contributed by atoms with Crippen LogP contribution in [0.15, 0.2) is 78.9 Å². The summed E-state index contributed by atoms with van der Waals surface area (Å²) >= 11 is 5.99. The number of halogens is 1. The van der Waals surface area contributed by atoms with Gasteiger partial charge in [0.25, 0.3) is 0 Å². The summed E-state index contributed by atoms with van der Waals surface area (Å²) in [6.45, 7) is 0. The monoisotopic (exact) mass is 393 g/mol. The van der Waals surface area contributed by atoms with Gasteiger partial charge in [0.2, 0.25) is 5.91 Å². The fourth-order valence-corrected chi connectivity index (χ4v) is 2.94. The summed E-state index contributed by atoms with van der Waals surface area (Å²) in [5, 5.41) is 3.41. The summed E-state index contributed by atoms with van der Waals surface area (Å²) in [7, 11) is 3.24. The van der Waals surface area contributed by atoms with Gasteiger partial charge in [-0.15, -0.1) is 0 Å². The van der Waals surface area contributed by atoms with E-state index in [1.807, 2.05) is 48.5 Å². The van der Waals surface area contributed by atoms with Crippen molar-refractivity contribution in [3.05, 3.63) is 95.0 Å². The van der Waals surface area contributed by atoms with Gasteiger partial charge in [-0.05, 0) is 59.2 Å². The van der Waals surface area contributed by atoms with Crippen molar-refractivity contribution in [2.24, 2.45) is 0 Å². The standard InChI is InChI=1S/C23H20ClNO3/c1-27-20-10-6-16(7-11-20)22(17-8-12-21(28-2)13-9-17)15-23(26)25-19-5-3-4-18(24)14-19/h3-15H,1-2H3,(H,25,26). The third-order valence-corrected chi connectivity index (χ3v) is 4.40. The molecule has 0 saturated carbocycles. The molecule has 4 nitrogen and oxygen atoms in total. The number of nitrogens with one attached hydrogen (secondary N) is 1. The molecule has 0 spiro atoms. The van der Waals surface area contributed by atoms with E-state index in [0.717, 1.165) is 28.2 Å². The molecule has 0 unspecified atom stereocenters. The molecular weight excluding hydrogens is 374 g/mol. The molecule has 0 aliphatic rings. The number of anilines is 1. The smallest absolute Gasteiger partial charge is 0.249 e. The summed E-state index contributed by atoms with van der Waals surface area (Å²) in [4.78, 5) is 12.6. The van der Waals surface area contributed by atoms with Crippen LogP contribution in [0.4, 0.5) is 5.69 Å². The van der Waals surface area contributed by atoms with Crippen molar-refractivity contribution in [2.45, 2.75) is 0 Å². The van der Waals surface area contributed by atoms with Gasteiger partial charge in [-0.25, -0.2) is 0 Å². The first kappa shape index (κ1) is 19.5. The van der Waals surface area contributed by atoms with Crippen LogP contribution in [-0.4, -0.2) is 20.1 Å². The second-order valence-corrected chi connectivity index (χ2v) is 6.45. The number of benzene rings is 3. The van der Waals surface area contributed by atoms with Gasteiger partial charge in [-0.1, -0.05) is 41.9 Å². The number of carbonyl (C=O) groups is 1. The zero-order valence-corrected chi connectivity index (χ0v) is 16.4. The molecule has 1 N–H and O–H groups in total. The van der Waals surface area contributed by atoms with E-state index < -0.39 is 0 Å². The lowest BCUT2D eigenvalue weighted by atomic mass is 9.97. The number of methoxy groups -OCH3 is 2. The Labute approximate surface area is 169 Å². The molecule has 0 heterocycles. The van der Waals surface area contributed by atoms with E-state index in [4.69, 9.17) is 21.1 Å². The van der Waals surface area contributed by atoms with Crippen molar-refractivity contribution in [2.75, 3.05) is 19.5 Å². The summed E-state index contributed by atoms with van der Waals surface area (Å²) < 4.78 is 10.5. The molecule has 28 heavy (non-hydrogen) atoms. The zero-order valence-electron chi connectivity index (χ0n) is 15.6. The van der Waals surface area contributed by atoms with Crippen LogP contribution in [0, 0.1) is 0 Å². The highest BCUT2D eigenvalue weighted by atomic mass is 35.5. The molecule has 0 aliphatic heterocycles. The molecule has 3 aromatic rings. The number of carbonyl (C=O) groups excluding carboxylic acids is 1. The molecule has 0 fully saturated rings. The number of amides is 1. The maximum Gasteiger partial charge on any atom is 0.249 e. The molecule has 0 atom stereocenters. The molecule has 0 bridgehead atoms. The van der Waals surface area contributed by atoms with Gasteiger partial charge in [0.1, 0.15) is 11.5 Å². The second kappa shape index (κ2) is 9.11. The van der Waals surface area contributed by atoms with Crippen molar-refractivity contribution in [3.8, 4) is 11.5 Å². The Morgan fingerprint density at radius 1 is 0.857 bits per heavy atom. The Morgan fingerprint density at radius 2 is 1.39 bits per heavy atom. The number of ether oxygens (including phenoxy) is 2. The first-order valence-electron chi connectivity index (χ1n) is 8.66. The van der Waals surface area contributed by atoms with E-state index in [2.05, 4.69) is 5.32 Å². The summed E-state index contributed by atoms with van der Waals surface area (Å²) in [6.07, 6.45) is 1.57. The van der Waals surface area contributed by atoms with Crippen molar-refractivity contribution in [1.29, 1.82) is 0 Å². The second-order valence-electron chi connectivity index (χ2n) is 6.01. The zero-order chi connectivity index (χ0) is 19.9. The van der Waals surface area contributed by atoms with Crippen molar-refractivity contribution < 1.29 is 14.3 Å². The molecule has 0 saturated heterocycles. The third-order valence-electron chi connectivity index (χ3n) is 4.17. The van der Waals surface area contributed by atoms with Gasteiger partial charge in [0, 0.05) is 16.8 Å². The lowest BCUT2D eigenvalue weighted by molar-refractivity contribution is -0.111. The highest BCUT2D eigenvalue weighted by Gasteiger charge is 2.09. The van der Waals surface area contributed by atoms with E-state index in [0.29, 0.717) is 10.7 Å². The highest BCUT2D eigenvalue weighted by Crippen LogP contribution is 2.27. The Kier molecular flexibility index (Phi) is 6.35. The van der Waals surface area contributed by atoms with E-state index in [1.165, 1.54) is 0 Å². The Bertz CT molecular complexity index is 930. The molecule has 142 valence electrons. The average Bonchev–Trinajstić information content (AvgIpc) is 2.72. The maximum atomic E-state index is 12.6. The molecule has 0 aliphatic carbocycles. The number of hydrogen-bond acceptors (Lipinski definition) is 3. The van der Waals surface area contributed by atoms with Crippen LogP contribution in [0.5, 0.6) is 11.5 Å². The minimum atomic E-state index is -0.246. The van der Waals surface area contributed by atoms with Gasteiger partial charge >= 0.3 is 0 Å². The molecule has 5 heteroatoms. The van der Waals surface area contributed by atoms with Crippen molar-refractivity contribution >= 4 is 28.8 Å². The van der Waals surface area contributed by atoms with E-state index in [1.54, 1.807) is 44.6 Å². The topological polar surface area (TPSA) is 47.6 Å². The molecule has 0 radical (unpaired) electrons. The highest BCUT2D eigenvalue weighted by molar-refractivity contribution is 6.31. The van der Waals surface area contributed by atoms with Crippen LogP contribution in [0.3, 0.4) is 0 Å². The SMILES string of the molecule is COc1ccc(C(=CC(=O)Nc2cccc(Cl)c2)c2ccc(OC)cc2)cc1. The summed E-state index contributed by atoms with van der Waals surface area (Å²) in [6, 6.07) is 22.2. The molecule has 1 amide bonds. The van der Waals surface area contributed by atoms with E-state index >= 15 is 0 Å². The van der Waals surface area contributed by atoms with Gasteiger partial charge in [-0.2, -0.15) is 0 Å². The van der Waals surface area contributed by atoms with E-state index in [-0.39, 0.29) is 5.91 Å². The minimum Gasteiger partial charge on any atom is -0.497 e. The predicted molar refractivity (Wildman–Crippen MR) is 113 cm³/mol. The largest absolute Gasteiger partial charge is 0.497 e. The Hall–Kier alpha value is -3.24. The molecular formula is C23H20ClNO3. The normalized spacial score (nSPS) is 10.1. The van der Waals surface area contributed by atoms with Crippen LogP contribution in [0.25, 0.3) is 5.57 Å². The lowest BCUT2D eigenvalue weighted by Crippen LogP contribution is -2.09. The molecule has 3 aromatic carbocycles. The fourth-order valence-electron chi connectivity index (χ4n) is 2.75. The molecule has 3 rings (SSSR count). The van der Waals surface area contributed by atoms with Crippen LogP contribution in [-0.2, 0) is 4.79 Å². The van der Waals surface area contributed by atoms with Crippen LogP contribution >= 0.6 is 11.6 Å². The van der Waals surface area contributed by atoms with Crippen molar-refractivity contribution in [1.82, 2.24) is 0 Å². The van der Waals surface area contributed by atoms with Crippen molar-refractivity contribution in [3.63, 3.8) is 0 Å².